The van der Waals surface area contributed by atoms with Crippen LogP contribution in [0.25, 0.3) is 10.8 Å². The number of halogens is 1. The van der Waals surface area contributed by atoms with E-state index in [9.17, 15) is 9.59 Å². The summed E-state index contributed by atoms with van der Waals surface area (Å²) in [6, 6.07) is 20.9. The molecule has 0 spiro atoms. The first-order valence-corrected chi connectivity index (χ1v) is 9.15. The van der Waals surface area contributed by atoms with Crippen LogP contribution in [-0.2, 0) is 16.9 Å². The average molecular weight is 409 g/mol. The summed E-state index contributed by atoms with van der Waals surface area (Å²) in [6.07, 6.45) is 0. The van der Waals surface area contributed by atoms with E-state index in [1.165, 1.54) is 4.90 Å². The van der Waals surface area contributed by atoms with Gasteiger partial charge in [-0.15, -0.1) is 0 Å². The Morgan fingerprint density at radius 1 is 0.962 bits per heavy atom. The molecule has 3 aromatic carbocycles. The number of carbonyl (C=O) groups excluding carboxylic acids is 2. The molecule has 0 aromatic heterocycles. The number of fused-ring (bicyclic) bond motifs is 1. The minimum Gasteiger partial charge on any atom is -0.319 e. The molecule has 0 radical (unpaired) electrons. The SMILES string of the molecule is C[C@@]1(c2cccc3ccccc23)NC(=O)N(Cc2ccc(Br)cc2)C1=O. The van der Waals surface area contributed by atoms with E-state index < -0.39 is 5.54 Å². The highest BCUT2D eigenvalue weighted by atomic mass is 79.9. The lowest BCUT2D eigenvalue weighted by Crippen LogP contribution is -2.41. The molecule has 1 heterocycles. The van der Waals surface area contributed by atoms with Gasteiger partial charge in [0.1, 0.15) is 5.54 Å². The molecular formula is C21H17BrN2O2. The third-order valence-corrected chi connectivity index (χ3v) is 5.39. The number of carbonyl (C=O) groups is 2. The molecule has 0 saturated carbocycles. The van der Waals surface area contributed by atoms with Crippen LogP contribution in [0.5, 0.6) is 0 Å². The molecule has 3 aromatic rings. The fourth-order valence-corrected chi connectivity index (χ4v) is 3.72. The van der Waals surface area contributed by atoms with Crippen molar-refractivity contribution in [2.75, 3.05) is 0 Å². The third kappa shape index (κ3) is 2.69. The lowest BCUT2D eigenvalue weighted by atomic mass is 9.88. The molecule has 1 N–H and O–H groups in total. The van der Waals surface area contributed by atoms with Crippen LogP contribution < -0.4 is 5.32 Å². The van der Waals surface area contributed by atoms with Crippen LogP contribution in [0.15, 0.2) is 71.2 Å². The van der Waals surface area contributed by atoms with Crippen molar-refractivity contribution in [3.63, 3.8) is 0 Å². The number of rotatable bonds is 3. The van der Waals surface area contributed by atoms with Crippen molar-refractivity contribution < 1.29 is 9.59 Å². The van der Waals surface area contributed by atoms with Gasteiger partial charge in [0.2, 0.25) is 0 Å². The zero-order chi connectivity index (χ0) is 18.3. The van der Waals surface area contributed by atoms with Crippen molar-refractivity contribution in [1.82, 2.24) is 10.2 Å². The second-order valence-electron chi connectivity index (χ2n) is 6.60. The van der Waals surface area contributed by atoms with Gasteiger partial charge in [0.15, 0.2) is 0 Å². The van der Waals surface area contributed by atoms with Gasteiger partial charge in [-0.05, 0) is 41.0 Å². The summed E-state index contributed by atoms with van der Waals surface area (Å²) < 4.78 is 0.957. The van der Waals surface area contributed by atoms with Crippen molar-refractivity contribution >= 4 is 38.6 Å². The van der Waals surface area contributed by atoms with E-state index in [2.05, 4.69) is 21.2 Å². The molecule has 3 amide bonds. The maximum atomic E-state index is 13.2. The number of benzene rings is 3. The van der Waals surface area contributed by atoms with Crippen molar-refractivity contribution in [3.05, 3.63) is 82.3 Å². The minimum atomic E-state index is -1.08. The summed E-state index contributed by atoms with van der Waals surface area (Å²) in [5.41, 5.74) is 0.638. The maximum absolute atomic E-state index is 13.2. The van der Waals surface area contributed by atoms with Gasteiger partial charge < -0.3 is 5.32 Å². The number of hydrogen-bond acceptors (Lipinski definition) is 2. The van der Waals surface area contributed by atoms with E-state index in [0.29, 0.717) is 0 Å². The van der Waals surface area contributed by atoms with E-state index >= 15 is 0 Å². The Labute approximate surface area is 159 Å². The lowest BCUT2D eigenvalue weighted by Gasteiger charge is -2.24. The van der Waals surface area contributed by atoms with Crippen LogP contribution in [0.2, 0.25) is 0 Å². The van der Waals surface area contributed by atoms with Crippen LogP contribution in [-0.4, -0.2) is 16.8 Å². The molecule has 26 heavy (non-hydrogen) atoms. The van der Waals surface area contributed by atoms with Gasteiger partial charge >= 0.3 is 6.03 Å². The van der Waals surface area contributed by atoms with Crippen LogP contribution >= 0.6 is 15.9 Å². The van der Waals surface area contributed by atoms with Gasteiger partial charge in [-0.2, -0.15) is 0 Å². The second kappa shape index (κ2) is 6.25. The van der Waals surface area contributed by atoms with Crippen molar-refractivity contribution in [2.45, 2.75) is 19.0 Å². The van der Waals surface area contributed by atoms with Crippen LogP contribution in [0, 0.1) is 0 Å². The first-order valence-electron chi connectivity index (χ1n) is 8.36. The largest absolute Gasteiger partial charge is 0.325 e. The van der Waals surface area contributed by atoms with E-state index in [4.69, 9.17) is 0 Å². The molecule has 4 nitrogen and oxygen atoms in total. The normalized spacial score (nSPS) is 19.8. The Hall–Kier alpha value is -2.66. The molecule has 1 aliphatic heterocycles. The predicted molar refractivity (Wildman–Crippen MR) is 105 cm³/mol. The van der Waals surface area contributed by atoms with E-state index in [1.54, 1.807) is 6.92 Å². The summed E-state index contributed by atoms with van der Waals surface area (Å²) in [4.78, 5) is 27.0. The number of urea groups is 1. The first kappa shape index (κ1) is 16.8. The number of nitrogens with zero attached hydrogens (tertiary/aromatic N) is 1. The molecule has 1 aliphatic rings. The van der Waals surface area contributed by atoms with Gasteiger partial charge in [0.25, 0.3) is 5.91 Å². The van der Waals surface area contributed by atoms with Crippen molar-refractivity contribution in [3.8, 4) is 0 Å². The summed E-state index contributed by atoms with van der Waals surface area (Å²) >= 11 is 3.39. The zero-order valence-electron chi connectivity index (χ0n) is 14.2. The highest BCUT2D eigenvalue weighted by Gasteiger charge is 2.49. The number of nitrogens with one attached hydrogen (secondary N) is 1. The standard InChI is InChI=1S/C21H17BrN2O2/c1-21(18-8-4-6-15-5-2-3-7-17(15)18)19(25)24(20(26)23-21)13-14-9-11-16(22)12-10-14/h2-12H,13H2,1H3,(H,23,26)/t21-/m0/s1. The third-order valence-electron chi connectivity index (χ3n) is 4.86. The predicted octanol–water partition coefficient (Wildman–Crippen LogP) is 4.57. The Morgan fingerprint density at radius 3 is 2.42 bits per heavy atom. The van der Waals surface area contributed by atoms with Crippen LogP contribution in [0.1, 0.15) is 18.1 Å². The van der Waals surface area contributed by atoms with Crippen LogP contribution in [0.3, 0.4) is 0 Å². The van der Waals surface area contributed by atoms with E-state index in [0.717, 1.165) is 26.4 Å². The van der Waals surface area contributed by atoms with E-state index in [1.807, 2.05) is 66.7 Å². The van der Waals surface area contributed by atoms with Crippen molar-refractivity contribution in [2.24, 2.45) is 0 Å². The Kier molecular flexibility index (Phi) is 4.04. The molecule has 1 saturated heterocycles. The zero-order valence-corrected chi connectivity index (χ0v) is 15.8. The molecule has 1 atom stereocenters. The number of amides is 3. The lowest BCUT2D eigenvalue weighted by molar-refractivity contribution is -0.131. The summed E-state index contributed by atoms with van der Waals surface area (Å²) in [5.74, 6) is -0.234. The molecular weight excluding hydrogens is 392 g/mol. The Morgan fingerprint density at radius 2 is 1.65 bits per heavy atom. The maximum Gasteiger partial charge on any atom is 0.325 e. The molecule has 1 fully saturated rings. The van der Waals surface area contributed by atoms with Gasteiger partial charge in [-0.25, -0.2) is 4.79 Å². The highest BCUT2D eigenvalue weighted by Crippen LogP contribution is 2.34. The summed E-state index contributed by atoms with van der Waals surface area (Å²) in [7, 11) is 0. The Bertz CT molecular complexity index is 1010. The Balaban J connectivity index is 1.72. The van der Waals surface area contributed by atoms with Crippen molar-refractivity contribution in [1.29, 1.82) is 0 Å². The summed E-state index contributed by atoms with van der Waals surface area (Å²) in [6.45, 7) is 2.02. The molecule has 0 unspecified atom stereocenters. The van der Waals surface area contributed by atoms with E-state index in [-0.39, 0.29) is 18.5 Å². The quantitative estimate of drug-likeness (QED) is 0.645. The molecule has 4 rings (SSSR count). The molecule has 0 aliphatic carbocycles. The van der Waals surface area contributed by atoms with Crippen LogP contribution in [0.4, 0.5) is 4.79 Å². The topological polar surface area (TPSA) is 49.4 Å². The average Bonchev–Trinajstić information content (AvgIpc) is 2.87. The fraction of sp³-hybridized carbons (Fsp3) is 0.143. The molecule has 0 bridgehead atoms. The summed E-state index contributed by atoms with van der Waals surface area (Å²) in [5, 5.41) is 4.91. The van der Waals surface area contributed by atoms with Gasteiger partial charge in [0.05, 0.1) is 6.54 Å². The fourth-order valence-electron chi connectivity index (χ4n) is 3.46. The highest BCUT2D eigenvalue weighted by molar-refractivity contribution is 9.10. The number of hydrogen-bond donors (Lipinski definition) is 1. The molecule has 130 valence electrons. The van der Waals surface area contributed by atoms with Gasteiger partial charge in [0, 0.05) is 4.47 Å². The number of imide groups is 1. The first-order chi connectivity index (χ1) is 12.5. The molecule has 5 heteroatoms. The monoisotopic (exact) mass is 408 g/mol. The smallest absolute Gasteiger partial charge is 0.319 e. The van der Waals surface area contributed by atoms with Gasteiger partial charge in [-0.1, -0.05) is 70.5 Å². The van der Waals surface area contributed by atoms with Gasteiger partial charge in [-0.3, -0.25) is 9.69 Å². The second-order valence-corrected chi connectivity index (χ2v) is 7.52. The minimum absolute atomic E-state index is 0.234.